The number of rotatable bonds is 7. The van der Waals surface area contributed by atoms with Gasteiger partial charge in [0.1, 0.15) is 0 Å². The minimum Gasteiger partial charge on any atom is -0.465 e. The summed E-state index contributed by atoms with van der Waals surface area (Å²) in [6, 6.07) is 9.74. The van der Waals surface area contributed by atoms with Gasteiger partial charge in [-0.1, -0.05) is 42.0 Å². The smallest absolute Gasteiger partial charge is 0.320 e. The normalized spacial score (nSPS) is 11.3. The van der Waals surface area contributed by atoms with Gasteiger partial charge in [-0.15, -0.1) is 0 Å². The Morgan fingerprint density at radius 2 is 1.57 bits per heavy atom. The minimum atomic E-state index is -0.898. The lowest BCUT2D eigenvalue weighted by molar-refractivity contribution is -0.161. The van der Waals surface area contributed by atoms with Crippen molar-refractivity contribution >= 4 is 18.0 Å². The molecule has 0 atom stereocenters. The summed E-state index contributed by atoms with van der Waals surface area (Å²) in [6.07, 6.45) is 2.25. The molecule has 0 saturated heterocycles. The van der Waals surface area contributed by atoms with Crippen molar-refractivity contribution in [2.24, 2.45) is 5.92 Å². The van der Waals surface area contributed by atoms with Crippen molar-refractivity contribution in [2.75, 3.05) is 13.2 Å². The van der Waals surface area contributed by atoms with Gasteiger partial charge in [-0.2, -0.15) is 0 Å². The molecule has 0 spiro atoms. The maximum Gasteiger partial charge on any atom is 0.320 e. The second-order valence-electron chi connectivity index (χ2n) is 4.66. The summed E-state index contributed by atoms with van der Waals surface area (Å²) < 4.78 is 9.91. The fourth-order valence-corrected chi connectivity index (χ4v) is 1.96. The fourth-order valence-electron chi connectivity index (χ4n) is 1.96. The Morgan fingerprint density at radius 3 is 2.05 bits per heavy atom. The largest absolute Gasteiger partial charge is 0.465 e. The Balaban J connectivity index is 2.82. The third-order valence-electron chi connectivity index (χ3n) is 2.88. The molecule has 0 saturated carbocycles. The number of carbonyl (C=O) groups is 2. The summed E-state index contributed by atoms with van der Waals surface area (Å²) in [6.45, 7) is 5.81. The van der Waals surface area contributed by atoms with Crippen molar-refractivity contribution in [1.29, 1.82) is 0 Å². The first-order valence-electron chi connectivity index (χ1n) is 7.14. The molecule has 4 heteroatoms. The molecule has 1 aromatic carbocycles. The number of esters is 2. The van der Waals surface area contributed by atoms with Crippen LogP contribution in [0.15, 0.2) is 35.9 Å². The summed E-state index contributed by atoms with van der Waals surface area (Å²) in [4.78, 5) is 23.8. The Morgan fingerprint density at radius 1 is 1.05 bits per heavy atom. The van der Waals surface area contributed by atoms with Crippen LogP contribution in [-0.4, -0.2) is 25.2 Å². The molecule has 0 radical (unpaired) electrons. The first kappa shape index (κ1) is 17.0. The van der Waals surface area contributed by atoms with E-state index in [1.807, 2.05) is 43.3 Å². The van der Waals surface area contributed by atoms with Crippen molar-refractivity contribution in [3.8, 4) is 0 Å². The summed E-state index contributed by atoms with van der Waals surface area (Å²) in [5.41, 5.74) is 1.95. The molecule has 0 aliphatic carbocycles. The molecule has 0 N–H and O–H groups in total. The van der Waals surface area contributed by atoms with E-state index in [4.69, 9.17) is 9.47 Å². The highest BCUT2D eigenvalue weighted by Gasteiger charge is 2.29. The zero-order chi connectivity index (χ0) is 15.7. The van der Waals surface area contributed by atoms with Crippen LogP contribution >= 0.6 is 0 Å². The number of benzene rings is 1. The molecule has 0 aliphatic heterocycles. The summed E-state index contributed by atoms with van der Waals surface area (Å²) in [5.74, 6) is -1.96. The molecule has 0 amide bonds. The standard InChI is InChI=1S/C17H22O4/c1-4-20-16(18)15(17(19)21-5-2)12-13(3)11-14-9-7-6-8-10-14/h6-11,15H,4-5,12H2,1-3H3. The van der Waals surface area contributed by atoms with Gasteiger partial charge in [0.05, 0.1) is 13.2 Å². The van der Waals surface area contributed by atoms with E-state index >= 15 is 0 Å². The number of ether oxygens (including phenoxy) is 2. The first-order chi connectivity index (χ1) is 10.1. The van der Waals surface area contributed by atoms with Crippen LogP contribution in [0.2, 0.25) is 0 Å². The van der Waals surface area contributed by atoms with Crippen molar-refractivity contribution < 1.29 is 19.1 Å². The van der Waals surface area contributed by atoms with Crippen molar-refractivity contribution in [3.63, 3.8) is 0 Å². The summed E-state index contributed by atoms with van der Waals surface area (Å²) in [5, 5.41) is 0. The summed E-state index contributed by atoms with van der Waals surface area (Å²) in [7, 11) is 0. The third-order valence-corrected chi connectivity index (χ3v) is 2.88. The van der Waals surface area contributed by atoms with Gasteiger partial charge in [0.2, 0.25) is 0 Å². The quantitative estimate of drug-likeness (QED) is 0.571. The van der Waals surface area contributed by atoms with E-state index in [1.165, 1.54) is 0 Å². The topological polar surface area (TPSA) is 52.6 Å². The van der Waals surface area contributed by atoms with E-state index in [1.54, 1.807) is 13.8 Å². The van der Waals surface area contributed by atoms with Gasteiger partial charge in [-0.05, 0) is 32.8 Å². The third kappa shape index (κ3) is 5.81. The Labute approximate surface area is 125 Å². The summed E-state index contributed by atoms with van der Waals surface area (Å²) >= 11 is 0. The Kier molecular flexibility index (Phi) is 7.23. The predicted molar refractivity (Wildman–Crippen MR) is 81.5 cm³/mol. The van der Waals surface area contributed by atoms with Crippen LogP contribution in [0.4, 0.5) is 0 Å². The highest BCUT2D eigenvalue weighted by molar-refractivity contribution is 5.95. The molecule has 4 nitrogen and oxygen atoms in total. The molecular formula is C17H22O4. The van der Waals surface area contributed by atoms with Gasteiger partial charge in [0, 0.05) is 0 Å². The molecule has 114 valence electrons. The van der Waals surface area contributed by atoms with Crippen LogP contribution in [-0.2, 0) is 19.1 Å². The highest BCUT2D eigenvalue weighted by Crippen LogP contribution is 2.18. The van der Waals surface area contributed by atoms with Crippen molar-refractivity contribution in [3.05, 3.63) is 41.5 Å². The second-order valence-corrected chi connectivity index (χ2v) is 4.66. The predicted octanol–water partition coefficient (Wildman–Crippen LogP) is 3.22. The first-order valence-corrected chi connectivity index (χ1v) is 7.14. The van der Waals surface area contributed by atoms with E-state index in [9.17, 15) is 9.59 Å². The lowest BCUT2D eigenvalue weighted by atomic mass is 9.98. The molecule has 21 heavy (non-hydrogen) atoms. The molecule has 0 aromatic heterocycles. The monoisotopic (exact) mass is 290 g/mol. The molecule has 0 aliphatic rings. The van der Waals surface area contributed by atoms with Gasteiger partial charge in [0.25, 0.3) is 0 Å². The van der Waals surface area contributed by atoms with Gasteiger partial charge >= 0.3 is 11.9 Å². The number of hydrogen-bond acceptors (Lipinski definition) is 4. The van der Waals surface area contributed by atoms with Gasteiger partial charge in [0.15, 0.2) is 5.92 Å². The number of hydrogen-bond donors (Lipinski definition) is 0. The lowest BCUT2D eigenvalue weighted by Crippen LogP contribution is -2.28. The molecule has 0 unspecified atom stereocenters. The van der Waals surface area contributed by atoms with Crippen LogP contribution in [0.3, 0.4) is 0 Å². The Hall–Kier alpha value is -2.10. The molecule has 1 rings (SSSR count). The van der Waals surface area contributed by atoms with Crippen LogP contribution in [0, 0.1) is 5.92 Å². The molecule has 0 bridgehead atoms. The molecule has 0 fully saturated rings. The second kappa shape index (κ2) is 8.95. The average Bonchev–Trinajstić information content (AvgIpc) is 2.46. The van der Waals surface area contributed by atoms with Crippen molar-refractivity contribution in [1.82, 2.24) is 0 Å². The number of carbonyl (C=O) groups excluding carboxylic acids is 2. The highest BCUT2D eigenvalue weighted by atomic mass is 16.6. The zero-order valence-corrected chi connectivity index (χ0v) is 12.8. The van der Waals surface area contributed by atoms with E-state index < -0.39 is 17.9 Å². The SMILES string of the molecule is CCOC(=O)C(CC(C)=Cc1ccccc1)C(=O)OCC. The van der Waals surface area contributed by atoms with Crippen molar-refractivity contribution in [2.45, 2.75) is 27.2 Å². The van der Waals surface area contributed by atoms with Crippen LogP contribution in [0.25, 0.3) is 6.08 Å². The van der Waals surface area contributed by atoms with E-state index in [-0.39, 0.29) is 13.2 Å². The Bertz CT molecular complexity index is 473. The molecule has 0 heterocycles. The van der Waals surface area contributed by atoms with E-state index in [2.05, 4.69) is 0 Å². The van der Waals surface area contributed by atoms with Crippen LogP contribution < -0.4 is 0 Å². The average molecular weight is 290 g/mol. The van der Waals surface area contributed by atoms with E-state index in [0.717, 1.165) is 11.1 Å². The van der Waals surface area contributed by atoms with Gasteiger partial charge < -0.3 is 9.47 Å². The van der Waals surface area contributed by atoms with Gasteiger partial charge in [-0.3, -0.25) is 9.59 Å². The zero-order valence-electron chi connectivity index (χ0n) is 12.8. The molecular weight excluding hydrogens is 268 g/mol. The maximum absolute atomic E-state index is 11.9. The van der Waals surface area contributed by atoms with Crippen LogP contribution in [0.5, 0.6) is 0 Å². The minimum absolute atomic E-state index is 0.246. The fraction of sp³-hybridized carbons (Fsp3) is 0.412. The van der Waals surface area contributed by atoms with E-state index in [0.29, 0.717) is 6.42 Å². The lowest BCUT2D eigenvalue weighted by Gasteiger charge is -2.14. The molecule has 1 aromatic rings. The van der Waals surface area contributed by atoms with Gasteiger partial charge in [-0.25, -0.2) is 0 Å². The number of allylic oxidation sites excluding steroid dienone is 1. The van der Waals surface area contributed by atoms with Crippen LogP contribution in [0.1, 0.15) is 32.8 Å². The maximum atomic E-state index is 11.9.